The lowest BCUT2D eigenvalue weighted by molar-refractivity contribution is 1.31. The number of aromatic amines is 1. The highest BCUT2D eigenvalue weighted by Gasteiger charge is 1.98. The summed E-state index contributed by atoms with van der Waals surface area (Å²) in [5.74, 6) is 0.860. The molecule has 0 aliphatic rings. The number of rotatable bonds is 1. The lowest BCUT2D eigenvalue weighted by atomic mass is 10.5. The van der Waals surface area contributed by atoms with Gasteiger partial charge in [-0.25, -0.2) is 9.97 Å². The molecule has 1 N–H and O–H groups in total. The normalized spacial score (nSPS) is 10.0. The van der Waals surface area contributed by atoms with Gasteiger partial charge in [0.05, 0.1) is 4.88 Å². The molecule has 0 atom stereocenters. The van der Waals surface area contributed by atoms with Crippen molar-refractivity contribution in [2.45, 2.75) is 0 Å². The van der Waals surface area contributed by atoms with Crippen LogP contribution < -0.4 is 0 Å². The van der Waals surface area contributed by atoms with Crippen molar-refractivity contribution in [3.8, 4) is 10.7 Å². The zero-order valence-electron chi connectivity index (χ0n) is 5.03. The molecule has 0 aromatic carbocycles. The number of hydrogen-bond donors (Lipinski definition) is 1. The molecule has 2 aromatic heterocycles. The Balaban J connectivity index is 2.48. The minimum atomic E-state index is 0.860. The van der Waals surface area contributed by atoms with E-state index in [-0.39, 0.29) is 0 Å². The third-order valence-corrected chi connectivity index (χ3v) is 1.84. The second-order valence-corrected chi connectivity index (χ2v) is 2.58. The molecule has 0 aliphatic heterocycles. The van der Waals surface area contributed by atoms with E-state index in [1.54, 1.807) is 18.6 Å². The van der Waals surface area contributed by atoms with Gasteiger partial charge < -0.3 is 4.98 Å². The van der Waals surface area contributed by atoms with Crippen molar-refractivity contribution in [2.24, 2.45) is 0 Å². The Labute approximate surface area is 61.8 Å². The first-order valence-electron chi connectivity index (χ1n) is 2.78. The van der Waals surface area contributed by atoms with Crippen molar-refractivity contribution in [1.29, 1.82) is 0 Å². The van der Waals surface area contributed by atoms with Crippen LogP contribution in [0.3, 0.4) is 0 Å². The average Bonchev–Trinajstić information content (AvgIpc) is 2.59. The molecule has 4 heteroatoms. The smallest absolute Gasteiger partial charge is 0.152 e. The zero-order valence-corrected chi connectivity index (χ0v) is 5.85. The molecule has 3 nitrogen and oxygen atoms in total. The average molecular weight is 150 g/mol. The molecular formula is C6H4N3S. The van der Waals surface area contributed by atoms with Gasteiger partial charge in [0.1, 0.15) is 5.82 Å². The number of thiazole rings is 1. The van der Waals surface area contributed by atoms with Crippen LogP contribution in [0.15, 0.2) is 18.6 Å². The number of hydrogen-bond acceptors (Lipinski definition) is 3. The molecule has 0 aliphatic carbocycles. The summed E-state index contributed by atoms with van der Waals surface area (Å²) in [6, 6.07) is 0. The topological polar surface area (TPSA) is 41.6 Å². The third-order valence-electron chi connectivity index (χ3n) is 1.12. The lowest BCUT2D eigenvalue weighted by Crippen LogP contribution is -1.71. The number of H-pyrrole nitrogens is 1. The highest BCUT2D eigenvalue weighted by atomic mass is 32.1. The van der Waals surface area contributed by atoms with Gasteiger partial charge >= 0.3 is 0 Å². The summed E-state index contributed by atoms with van der Waals surface area (Å²) in [7, 11) is 0. The Morgan fingerprint density at radius 1 is 1.60 bits per heavy atom. The van der Waals surface area contributed by atoms with Crippen molar-refractivity contribution < 1.29 is 0 Å². The number of nitrogens with zero attached hydrogens (tertiary/aromatic N) is 2. The molecule has 0 saturated carbocycles. The maximum atomic E-state index is 4.05. The van der Waals surface area contributed by atoms with E-state index >= 15 is 0 Å². The van der Waals surface area contributed by atoms with E-state index in [2.05, 4.69) is 20.5 Å². The van der Waals surface area contributed by atoms with Crippen LogP contribution in [-0.4, -0.2) is 15.0 Å². The Hall–Kier alpha value is -1.16. The SMILES string of the molecule is [c]1ncc(-c2ncc[nH]2)s1. The van der Waals surface area contributed by atoms with Gasteiger partial charge in [0, 0.05) is 18.6 Å². The van der Waals surface area contributed by atoms with Crippen LogP contribution in [0.1, 0.15) is 0 Å². The minimum Gasteiger partial charge on any atom is -0.344 e. The molecule has 10 heavy (non-hydrogen) atoms. The van der Waals surface area contributed by atoms with E-state index in [1.807, 2.05) is 0 Å². The maximum Gasteiger partial charge on any atom is 0.152 e. The Morgan fingerprint density at radius 3 is 3.20 bits per heavy atom. The molecule has 2 heterocycles. The highest BCUT2D eigenvalue weighted by molar-refractivity contribution is 7.12. The van der Waals surface area contributed by atoms with Crippen LogP contribution in [0.4, 0.5) is 0 Å². The predicted octanol–water partition coefficient (Wildman–Crippen LogP) is 1.33. The van der Waals surface area contributed by atoms with Gasteiger partial charge in [0.25, 0.3) is 0 Å². The standard InChI is InChI=1S/C6H4N3S/c1-2-9-6(8-1)5-3-7-4-10-5/h1-3H,(H,8,9). The summed E-state index contributed by atoms with van der Waals surface area (Å²) in [5.41, 5.74) is 2.75. The Bertz CT molecular complexity index is 252. The fourth-order valence-corrected chi connectivity index (χ4v) is 1.21. The van der Waals surface area contributed by atoms with E-state index in [1.165, 1.54) is 11.3 Å². The van der Waals surface area contributed by atoms with Gasteiger partial charge in [-0.2, -0.15) is 0 Å². The minimum absolute atomic E-state index is 0.860. The second-order valence-electron chi connectivity index (χ2n) is 1.75. The van der Waals surface area contributed by atoms with Crippen molar-refractivity contribution >= 4 is 11.3 Å². The monoisotopic (exact) mass is 150 g/mol. The van der Waals surface area contributed by atoms with E-state index in [9.17, 15) is 0 Å². The van der Waals surface area contributed by atoms with Gasteiger partial charge in [-0.3, -0.25) is 0 Å². The van der Waals surface area contributed by atoms with Crippen LogP contribution in [-0.2, 0) is 0 Å². The first kappa shape index (κ1) is 5.61. The maximum absolute atomic E-state index is 4.05. The Kier molecular flexibility index (Phi) is 1.25. The highest BCUT2D eigenvalue weighted by Crippen LogP contribution is 2.17. The largest absolute Gasteiger partial charge is 0.344 e. The van der Waals surface area contributed by atoms with E-state index in [0.29, 0.717) is 0 Å². The van der Waals surface area contributed by atoms with Crippen LogP contribution in [0, 0.1) is 5.51 Å². The van der Waals surface area contributed by atoms with Gasteiger partial charge in [0.15, 0.2) is 5.51 Å². The quantitative estimate of drug-likeness (QED) is 0.666. The second kappa shape index (κ2) is 2.22. The van der Waals surface area contributed by atoms with Gasteiger partial charge in [-0.15, -0.1) is 11.3 Å². The van der Waals surface area contributed by atoms with Crippen LogP contribution in [0.2, 0.25) is 0 Å². The molecule has 2 rings (SSSR count). The zero-order chi connectivity index (χ0) is 6.81. The number of nitrogens with one attached hydrogen (secondary N) is 1. The summed E-state index contributed by atoms with van der Waals surface area (Å²) >= 11 is 1.45. The molecule has 0 saturated heterocycles. The fourth-order valence-electron chi connectivity index (χ4n) is 0.696. The van der Waals surface area contributed by atoms with Crippen molar-refractivity contribution in [3.63, 3.8) is 0 Å². The molecular weight excluding hydrogens is 146 g/mol. The van der Waals surface area contributed by atoms with Gasteiger partial charge in [-0.05, 0) is 0 Å². The first-order chi connectivity index (χ1) is 4.97. The summed E-state index contributed by atoms with van der Waals surface area (Å²) in [4.78, 5) is 11.9. The van der Waals surface area contributed by atoms with Crippen LogP contribution in [0.5, 0.6) is 0 Å². The van der Waals surface area contributed by atoms with Crippen molar-refractivity contribution in [2.75, 3.05) is 0 Å². The summed E-state index contributed by atoms with van der Waals surface area (Å²) in [5, 5.41) is 0. The van der Waals surface area contributed by atoms with E-state index in [4.69, 9.17) is 0 Å². The van der Waals surface area contributed by atoms with Gasteiger partial charge in [0.2, 0.25) is 0 Å². The fraction of sp³-hybridized carbons (Fsp3) is 0. The van der Waals surface area contributed by atoms with Crippen LogP contribution in [0.25, 0.3) is 10.7 Å². The molecule has 0 amide bonds. The van der Waals surface area contributed by atoms with Crippen molar-refractivity contribution in [1.82, 2.24) is 15.0 Å². The lowest BCUT2D eigenvalue weighted by Gasteiger charge is -1.83. The first-order valence-corrected chi connectivity index (χ1v) is 3.60. The molecule has 1 radical (unpaired) electrons. The molecule has 0 fully saturated rings. The summed E-state index contributed by atoms with van der Waals surface area (Å²) < 4.78 is 0. The summed E-state index contributed by atoms with van der Waals surface area (Å²) in [6.07, 6.45) is 5.24. The Morgan fingerprint density at radius 2 is 2.60 bits per heavy atom. The molecule has 0 spiro atoms. The van der Waals surface area contributed by atoms with Crippen LogP contribution >= 0.6 is 11.3 Å². The predicted molar refractivity (Wildman–Crippen MR) is 38.5 cm³/mol. The van der Waals surface area contributed by atoms with Crippen molar-refractivity contribution in [3.05, 3.63) is 24.1 Å². The van der Waals surface area contributed by atoms with E-state index < -0.39 is 0 Å². The molecule has 49 valence electrons. The van der Waals surface area contributed by atoms with E-state index in [0.717, 1.165) is 10.7 Å². The molecule has 2 aromatic rings. The third kappa shape index (κ3) is 0.823. The van der Waals surface area contributed by atoms with Gasteiger partial charge in [-0.1, -0.05) is 0 Å². The molecule has 0 bridgehead atoms. The number of imidazole rings is 1. The summed E-state index contributed by atoms with van der Waals surface area (Å²) in [6.45, 7) is 0. The number of aromatic nitrogens is 3. The molecule has 0 unspecified atom stereocenters.